The van der Waals surface area contributed by atoms with Crippen molar-refractivity contribution in [1.82, 2.24) is 19.7 Å². The number of aryl methyl sites for hydroxylation is 1. The minimum Gasteiger partial charge on any atom is -0.481 e. The lowest BCUT2D eigenvalue weighted by Crippen LogP contribution is -2.49. The molecule has 0 bridgehead atoms. The Bertz CT molecular complexity index is 1620. The third-order valence-corrected chi connectivity index (χ3v) is 7.34. The molecule has 200 valence electrons. The molecule has 11 heteroatoms. The number of anilines is 1. The van der Waals surface area contributed by atoms with Crippen LogP contribution in [0.15, 0.2) is 65.6 Å². The van der Waals surface area contributed by atoms with Gasteiger partial charge in [0.05, 0.1) is 34.6 Å². The highest BCUT2D eigenvalue weighted by Crippen LogP contribution is 2.41. The van der Waals surface area contributed by atoms with Crippen molar-refractivity contribution in [2.75, 3.05) is 25.5 Å². The number of benzene rings is 2. The highest BCUT2D eigenvalue weighted by Gasteiger charge is 2.25. The van der Waals surface area contributed by atoms with Crippen LogP contribution in [-0.2, 0) is 13.6 Å². The van der Waals surface area contributed by atoms with Gasteiger partial charge >= 0.3 is 0 Å². The zero-order chi connectivity index (χ0) is 27.7. The van der Waals surface area contributed by atoms with Crippen molar-refractivity contribution in [2.45, 2.75) is 12.6 Å². The van der Waals surface area contributed by atoms with E-state index in [1.807, 2.05) is 30.3 Å². The van der Waals surface area contributed by atoms with Crippen LogP contribution in [0.25, 0.3) is 22.4 Å². The topological polar surface area (TPSA) is 110 Å². The van der Waals surface area contributed by atoms with E-state index >= 15 is 0 Å². The molecule has 0 atom stereocenters. The number of aromatic nitrogens is 3. The number of halogens is 2. The molecule has 5 rings (SSSR count). The number of ether oxygens (including phenoxy) is 1. The van der Waals surface area contributed by atoms with E-state index in [1.54, 1.807) is 25.3 Å². The molecule has 1 amide bonds. The normalized spacial score (nSPS) is 13.7. The Morgan fingerprint density at radius 1 is 1.05 bits per heavy atom. The van der Waals surface area contributed by atoms with Crippen LogP contribution in [0.2, 0.25) is 10.0 Å². The molecule has 1 fully saturated rings. The molecule has 2 aromatic carbocycles. The molecule has 0 aliphatic carbocycles. The van der Waals surface area contributed by atoms with Crippen molar-refractivity contribution in [3.8, 4) is 28.3 Å². The Morgan fingerprint density at radius 2 is 1.74 bits per heavy atom. The third-order valence-electron chi connectivity index (χ3n) is 6.53. The van der Waals surface area contributed by atoms with Crippen LogP contribution >= 0.6 is 23.2 Å². The second kappa shape index (κ2) is 11.2. The summed E-state index contributed by atoms with van der Waals surface area (Å²) >= 11 is 13.6. The van der Waals surface area contributed by atoms with E-state index in [0.717, 1.165) is 10.2 Å². The van der Waals surface area contributed by atoms with Gasteiger partial charge in [0, 0.05) is 55.1 Å². The summed E-state index contributed by atoms with van der Waals surface area (Å²) in [5, 5.41) is 16.8. The van der Waals surface area contributed by atoms with Crippen LogP contribution in [0.4, 0.5) is 5.69 Å². The van der Waals surface area contributed by atoms with Crippen molar-refractivity contribution < 1.29 is 14.6 Å². The summed E-state index contributed by atoms with van der Waals surface area (Å²) < 4.78 is 6.64. The minimum atomic E-state index is -0.596. The lowest BCUT2D eigenvalue weighted by molar-refractivity contribution is -0.00330. The van der Waals surface area contributed by atoms with Gasteiger partial charge in [0.2, 0.25) is 5.88 Å². The molecule has 9 nitrogen and oxygen atoms in total. The predicted octanol–water partition coefficient (Wildman–Crippen LogP) is 4.25. The van der Waals surface area contributed by atoms with Crippen LogP contribution in [0.3, 0.4) is 0 Å². The van der Waals surface area contributed by atoms with E-state index in [0.29, 0.717) is 58.6 Å². The summed E-state index contributed by atoms with van der Waals surface area (Å²) in [6, 6.07) is 15.9. The highest BCUT2D eigenvalue weighted by atomic mass is 35.5. The lowest BCUT2D eigenvalue weighted by atomic mass is 10.00. The quantitative estimate of drug-likeness (QED) is 0.344. The molecule has 0 spiro atoms. The number of aliphatic hydroxyl groups is 1. The maximum Gasteiger partial charge on any atom is 0.279 e. The summed E-state index contributed by atoms with van der Waals surface area (Å²) in [6.45, 7) is 1.87. The summed E-state index contributed by atoms with van der Waals surface area (Å²) in [5.41, 5.74) is 3.23. The van der Waals surface area contributed by atoms with E-state index in [1.165, 1.54) is 19.3 Å². The molecule has 0 radical (unpaired) electrons. The Labute approximate surface area is 234 Å². The van der Waals surface area contributed by atoms with E-state index in [2.05, 4.69) is 15.3 Å². The number of hydrogen-bond acceptors (Lipinski definition) is 7. The fourth-order valence-corrected chi connectivity index (χ4v) is 5.07. The molecule has 0 saturated carbocycles. The number of carbonyl (C=O) groups excluding carboxylic acids is 1. The number of likely N-dealkylation sites (tertiary alicyclic amines) is 1. The van der Waals surface area contributed by atoms with Gasteiger partial charge in [0.1, 0.15) is 5.56 Å². The van der Waals surface area contributed by atoms with Crippen molar-refractivity contribution in [3.63, 3.8) is 0 Å². The van der Waals surface area contributed by atoms with Crippen LogP contribution in [0.5, 0.6) is 5.88 Å². The van der Waals surface area contributed by atoms with Gasteiger partial charge in [-0.3, -0.25) is 14.5 Å². The number of aliphatic hydroxyl groups excluding tert-OH is 1. The van der Waals surface area contributed by atoms with Crippen LogP contribution in [0, 0.1) is 0 Å². The number of nitrogens with one attached hydrogen (secondary N) is 1. The Balaban J connectivity index is 1.45. The molecule has 2 aromatic heterocycles. The molecule has 1 saturated heterocycles. The number of hydrogen-bond donors (Lipinski definition) is 2. The van der Waals surface area contributed by atoms with Crippen molar-refractivity contribution >= 4 is 34.8 Å². The van der Waals surface area contributed by atoms with Crippen molar-refractivity contribution in [3.05, 3.63) is 92.3 Å². The summed E-state index contributed by atoms with van der Waals surface area (Å²) in [5.74, 6) is -0.110. The van der Waals surface area contributed by atoms with Crippen LogP contribution in [-0.4, -0.2) is 57.0 Å². The average Bonchev–Trinajstić information content (AvgIpc) is 2.91. The fraction of sp³-hybridized carbons (Fsp3) is 0.214. The van der Waals surface area contributed by atoms with E-state index < -0.39 is 11.5 Å². The van der Waals surface area contributed by atoms with Gasteiger partial charge in [0.15, 0.2) is 0 Å². The maximum atomic E-state index is 12.8. The first-order valence-electron chi connectivity index (χ1n) is 12.1. The second-order valence-electron chi connectivity index (χ2n) is 9.17. The zero-order valence-electron chi connectivity index (χ0n) is 21.2. The number of nitrogens with zero attached hydrogens (tertiary/aromatic N) is 4. The predicted molar refractivity (Wildman–Crippen MR) is 150 cm³/mol. The Morgan fingerprint density at radius 3 is 2.46 bits per heavy atom. The summed E-state index contributed by atoms with van der Waals surface area (Å²) in [4.78, 5) is 31.9. The smallest absolute Gasteiger partial charge is 0.279 e. The van der Waals surface area contributed by atoms with Gasteiger partial charge in [-0.2, -0.15) is 5.10 Å². The molecular weight excluding hydrogens is 541 g/mol. The first kappa shape index (κ1) is 26.8. The summed E-state index contributed by atoms with van der Waals surface area (Å²) in [7, 11) is 3.04. The van der Waals surface area contributed by atoms with E-state index in [4.69, 9.17) is 32.9 Å². The van der Waals surface area contributed by atoms with Crippen LogP contribution in [0.1, 0.15) is 15.9 Å². The monoisotopic (exact) mass is 565 g/mol. The lowest BCUT2D eigenvalue weighted by Gasteiger charge is -2.35. The standard InChI is InChI=1S/C28H25Cl2N5O4/c1-34-28(38)21(11-12-31-34)26(37)32-23-8-4-6-19(25(23)30)18-5-3-7-20(24(18)29)22-10-9-16(27(33-22)39-2)13-35-14-17(36)15-35/h3-12,17,36H,13-15H2,1-2H3,(H,32,37). The maximum absolute atomic E-state index is 12.8. The molecule has 0 unspecified atom stereocenters. The zero-order valence-corrected chi connectivity index (χ0v) is 22.7. The van der Waals surface area contributed by atoms with E-state index in [-0.39, 0.29) is 16.7 Å². The van der Waals surface area contributed by atoms with Crippen LogP contribution < -0.4 is 15.6 Å². The van der Waals surface area contributed by atoms with Crippen molar-refractivity contribution in [2.24, 2.45) is 7.05 Å². The second-order valence-corrected chi connectivity index (χ2v) is 9.93. The third kappa shape index (κ3) is 5.39. The number of amides is 1. The average molecular weight is 566 g/mol. The largest absolute Gasteiger partial charge is 0.481 e. The van der Waals surface area contributed by atoms with Gasteiger partial charge in [-0.1, -0.05) is 59.6 Å². The Kier molecular flexibility index (Phi) is 7.67. The van der Waals surface area contributed by atoms with Gasteiger partial charge < -0.3 is 15.2 Å². The molecule has 3 heterocycles. The van der Waals surface area contributed by atoms with Gasteiger partial charge in [-0.05, 0) is 18.2 Å². The number of β-amino-alcohol motifs (C(OH)–C–C–N with tert-alkyl or cyclic N) is 1. The molecule has 39 heavy (non-hydrogen) atoms. The molecule has 1 aliphatic rings. The number of pyridine rings is 1. The minimum absolute atomic E-state index is 0.0530. The molecular formula is C28H25Cl2N5O4. The Hall–Kier alpha value is -3.76. The van der Waals surface area contributed by atoms with Gasteiger partial charge in [0.25, 0.3) is 11.5 Å². The first-order valence-corrected chi connectivity index (χ1v) is 12.9. The van der Waals surface area contributed by atoms with E-state index in [9.17, 15) is 14.7 Å². The number of rotatable bonds is 7. The number of methoxy groups -OCH3 is 1. The molecule has 4 aromatic rings. The molecule has 2 N–H and O–H groups in total. The SMILES string of the molecule is COc1nc(-c2cccc(-c3cccc(NC(=O)c4ccnn(C)c4=O)c3Cl)c2Cl)ccc1CN1CC(O)C1. The number of carbonyl (C=O) groups is 1. The molecule has 1 aliphatic heterocycles. The van der Waals surface area contributed by atoms with Crippen molar-refractivity contribution in [1.29, 1.82) is 0 Å². The van der Waals surface area contributed by atoms with Gasteiger partial charge in [-0.15, -0.1) is 0 Å². The van der Waals surface area contributed by atoms with Gasteiger partial charge in [-0.25, -0.2) is 9.67 Å². The first-order chi connectivity index (χ1) is 18.8. The summed E-state index contributed by atoms with van der Waals surface area (Å²) in [6.07, 6.45) is 1.09. The fourth-order valence-electron chi connectivity index (χ4n) is 4.47. The highest BCUT2D eigenvalue weighted by molar-refractivity contribution is 6.39.